The highest BCUT2D eigenvalue weighted by Crippen LogP contribution is 2.29. The zero-order valence-corrected chi connectivity index (χ0v) is 8.18. The van der Waals surface area contributed by atoms with Gasteiger partial charge in [-0.2, -0.15) is 0 Å². The molecule has 0 fully saturated rings. The summed E-state index contributed by atoms with van der Waals surface area (Å²) in [6.07, 6.45) is 0. The lowest BCUT2D eigenvalue weighted by atomic mass is 10.3. The molecule has 0 unspecified atom stereocenters. The second-order valence-corrected chi connectivity index (χ2v) is 4.45. The molecule has 5 heteroatoms. The average Bonchev–Trinajstić information content (AvgIpc) is 2.62. The van der Waals surface area contributed by atoms with Gasteiger partial charge < -0.3 is 5.11 Å². The third kappa shape index (κ3) is 2.19. The maximum Gasteiger partial charge on any atom is 0.178 e. The number of aromatic hydroxyl groups is 1. The topological polar surface area (TPSA) is 46.0 Å². The zero-order valence-electron chi connectivity index (χ0n) is 6.54. The molecule has 66 valence electrons. The van der Waals surface area contributed by atoms with Crippen molar-refractivity contribution in [3.05, 3.63) is 29.8 Å². The van der Waals surface area contributed by atoms with Gasteiger partial charge >= 0.3 is 0 Å². The van der Waals surface area contributed by atoms with Gasteiger partial charge in [0, 0.05) is 4.90 Å². The van der Waals surface area contributed by atoms with Crippen molar-refractivity contribution in [1.29, 1.82) is 0 Å². The molecular formula is C8H6N2OS2. The summed E-state index contributed by atoms with van der Waals surface area (Å²) in [7, 11) is 0. The summed E-state index contributed by atoms with van der Waals surface area (Å²) in [6, 6.07) is 7.01. The summed E-state index contributed by atoms with van der Waals surface area (Å²) >= 11 is 3.04. The van der Waals surface area contributed by atoms with E-state index < -0.39 is 0 Å². The van der Waals surface area contributed by atoms with Gasteiger partial charge in [-0.1, -0.05) is 23.1 Å². The molecular weight excluding hydrogens is 204 g/mol. The van der Waals surface area contributed by atoms with Crippen LogP contribution in [0, 0.1) is 0 Å². The lowest BCUT2D eigenvalue weighted by molar-refractivity contribution is 0.475. The van der Waals surface area contributed by atoms with E-state index >= 15 is 0 Å². The fourth-order valence-electron chi connectivity index (χ4n) is 0.822. The number of rotatable bonds is 2. The molecule has 0 atom stereocenters. The number of phenols is 1. The molecule has 0 radical (unpaired) electrons. The van der Waals surface area contributed by atoms with Crippen LogP contribution in [0.3, 0.4) is 0 Å². The monoisotopic (exact) mass is 210 g/mol. The van der Waals surface area contributed by atoms with Gasteiger partial charge in [-0.25, -0.2) is 0 Å². The van der Waals surface area contributed by atoms with Crippen molar-refractivity contribution in [2.24, 2.45) is 0 Å². The summed E-state index contributed by atoms with van der Waals surface area (Å²) in [5, 5.41) is 16.7. The van der Waals surface area contributed by atoms with E-state index in [4.69, 9.17) is 5.11 Å². The van der Waals surface area contributed by atoms with E-state index in [1.165, 1.54) is 23.1 Å². The average molecular weight is 210 g/mol. The summed E-state index contributed by atoms with van der Waals surface area (Å²) in [5.41, 5.74) is 1.70. The summed E-state index contributed by atoms with van der Waals surface area (Å²) in [6.45, 7) is 0. The van der Waals surface area contributed by atoms with Crippen LogP contribution in [-0.2, 0) is 0 Å². The highest BCUT2D eigenvalue weighted by atomic mass is 32.2. The van der Waals surface area contributed by atoms with Crippen LogP contribution in [-0.4, -0.2) is 15.3 Å². The molecule has 0 aliphatic heterocycles. The number of benzene rings is 1. The number of hydrogen-bond donors (Lipinski definition) is 1. The normalized spacial score (nSPS) is 10.2. The second kappa shape index (κ2) is 3.76. The van der Waals surface area contributed by atoms with Gasteiger partial charge in [0.05, 0.1) is 0 Å². The minimum absolute atomic E-state index is 0.279. The first-order valence-electron chi connectivity index (χ1n) is 3.57. The number of aromatic nitrogens is 2. The van der Waals surface area contributed by atoms with Gasteiger partial charge in [-0.3, -0.25) is 0 Å². The van der Waals surface area contributed by atoms with Crippen molar-refractivity contribution in [2.75, 3.05) is 0 Å². The Hall–Kier alpha value is -1.07. The Kier molecular flexibility index (Phi) is 2.47. The maximum atomic E-state index is 9.05. The minimum Gasteiger partial charge on any atom is -0.508 e. The molecule has 1 N–H and O–H groups in total. The van der Waals surface area contributed by atoms with Crippen molar-refractivity contribution in [2.45, 2.75) is 9.24 Å². The van der Waals surface area contributed by atoms with Crippen molar-refractivity contribution in [3.8, 4) is 5.75 Å². The Bertz CT molecular complexity index is 372. The van der Waals surface area contributed by atoms with E-state index in [0.717, 1.165) is 9.24 Å². The first kappa shape index (κ1) is 8.52. The Morgan fingerprint density at radius 2 is 2.00 bits per heavy atom. The lowest BCUT2D eigenvalue weighted by Gasteiger charge is -1.96. The fraction of sp³-hybridized carbons (Fsp3) is 0. The quantitative estimate of drug-likeness (QED) is 0.826. The van der Waals surface area contributed by atoms with Crippen LogP contribution in [0.5, 0.6) is 5.75 Å². The molecule has 2 aromatic rings. The van der Waals surface area contributed by atoms with E-state index in [1.54, 1.807) is 17.6 Å². The lowest BCUT2D eigenvalue weighted by Crippen LogP contribution is -1.72. The largest absolute Gasteiger partial charge is 0.508 e. The van der Waals surface area contributed by atoms with Crippen molar-refractivity contribution >= 4 is 23.1 Å². The van der Waals surface area contributed by atoms with Gasteiger partial charge in [-0.15, -0.1) is 10.2 Å². The molecule has 0 spiro atoms. The molecule has 1 aromatic heterocycles. The summed E-state index contributed by atoms with van der Waals surface area (Å²) in [4.78, 5) is 1.05. The zero-order chi connectivity index (χ0) is 9.10. The molecule has 13 heavy (non-hydrogen) atoms. The summed E-state index contributed by atoms with van der Waals surface area (Å²) < 4.78 is 0.908. The van der Waals surface area contributed by atoms with E-state index in [9.17, 15) is 0 Å². The van der Waals surface area contributed by atoms with Crippen molar-refractivity contribution < 1.29 is 5.11 Å². The van der Waals surface area contributed by atoms with E-state index in [-0.39, 0.29) is 5.75 Å². The maximum absolute atomic E-state index is 9.05. The smallest absolute Gasteiger partial charge is 0.178 e. The van der Waals surface area contributed by atoms with Crippen molar-refractivity contribution in [1.82, 2.24) is 10.2 Å². The molecule has 2 rings (SSSR count). The summed E-state index contributed by atoms with van der Waals surface area (Å²) in [5.74, 6) is 0.279. The van der Waals surface area contributed by atoms with Gasteiger partial charge in [0.1, 0.15) is 11.3 Å². The standard InChI is InChI=1S/C8H6N2OS2/c11-6-1-3-7(4-2-6)13-8-10-9-5-12-8/h1-5,11H. The predicted octanol–water partition coefficient (Wildman–Crippen LogP) is 2.39. The van der Waals surface area contributed by atoms with Crippen LogP contribution in [0.2, 0.25) is 0 Å². The predicted molar refractivity (Wildman–Crippen MR) is 52.1 cm³/mol. The fourth-order valence-corrected chi connectivity index (χ4v) is 2.27. The molecule has 3 nitrogen and oxygen atoms in total. The molecule has 0 amide bonds. The van der Waals surface area contributed by atoms with Gasteiger partial charge in [0.15, 0.2) is 4.34 Å². The molecule has 0 saturated carbocycles. The Morgan fingerprint density at radius 3 is 2.62 bits per heavy atom. The van der Waals surface area contributed by atoms with Crippen LogP contribution >= 0.6 is 23.1 Å². The first-order valence-corrected chi connectivity index (χ1v) is 5.27. The molecule has 1 aromatic carbocycles. The molecule has 0 saturated heterocycles. The van der Waals surface area contributed by atoms with Gasteiger partial charge in [-0.05, 0) is 24.3 Å². The molecule has 0 aliphatic rings. The van der Waals surface area contributed by atoms with Crippen LogP contribution in [0.25, 0.3) is 0 Å². The van der Waals surface area contributed by atoms with Crippen LogP contribution in [0.15, 0.2) is 39.0 Å². The van der Waals surface area contributed by atoms with E-state index in [1.807, 2.05) is 12.1 Å². The Morgan fingerprint density at radius 1 is 1.23 bits per heavy atom. The molecule has 0 aliphatic carbocycles. The van der Waals surface area contributed by atoms with Crippen LogP contribution < -0.4 is 0 Å². The van der Waals surface area contributed by atoms with E-state index in [0.29, 0.717) is 0 Å². The first-order chi connectivity index (χ1) is 6.34. The van der Waals surface area contributed by atoms with Crippen LogP contribution in [0.1, 0.15) is 0 Å². The number of nitrogens with zero attached hydrogens (tertiary/aromatic N) is 2. The third-order valence-corrected chi connectivity index (χ3v) is 3.17. The second-order valence-electron chi connectivity index (χ2n) is 2.30. The van der Waals surface area contributed by atoms with E-state index in [2.05, 4.69) is 10.2 Å². The van der Waals surface area contributed by atoms with Gasteiger partial charge in [0.2, 0.25) is 0 Å². The Labute approximate surface area is 83.5 Å². The molecule has 1 heterocycles. The minimum atomic E-state index is 0.279. The Balaban J connectivity index is 2.15. The SMILES string of the molecule is Oc1ccc(Sc2nncs2)cc1. The van der Waals surface area contributed by atoms with Crippen LogP contribution in [0.4, 0.5) is 0 Å². The number of phenolic OH excluding ortho intramolecular Hbond substituents is 1. The molecule has 0 bridgehead atoms. The highest BCUT2D eigenvalue weighted by Gasteiger charge is 1.99. The van der Waals surface area contributed by atoms with Crippen molar-refractivity contribution in [3.63, 3.8) is 0 Å². The highest BCUT2D eigenvalue weighted by molar-refractivity contribution is 8.01. The van der Waals surface area contributed by atoms with Gasteiger partial charge in [0.25, 0.3) is 0 Å². The number of hydrogen-bond acceptors (Lipinski definition) is 5. The third-order valence-electron chi connectivity index (χ3n) is 1.38.